The van der Waals surface area contributed by atoms with Crippen LogP contribution in [0.15, 0.2) is 58.8 Å². The van der Waals surface area contributed by atoms with E-state index in [4.69, 9.17) is 4.98 Å². The number of non-ortho nitro benzene ring substituents is 1. The first-order valence-electron chi connectivity index (χ1n) is 10.1. The van der Waals surface area contributed by atoms with Crippen LogP contribution in [0.25, 0.3) is 0 Å². The molecule has 0 bridgehead atoms. The van der Waals surface area contributed by atoms with E-state index in [2.05, 4.69) is 29.3 Å². The lowest BCUT2D eigenvalue weighted by Crippen LogP contribution is -2.39. The predicted molar refractivity (Wildman–Crippen MR) is 122 cm³/mol. The van der Waals surface area contributed by atoms with Crippen molar-refractivity contribution >= 4 is 32.0 Å². The van der Waals surface area contributed by atoms with Crippen molar-refractivity contribution in [2.75, 3.05) is 18.0 Å². The zero-order valence-corrected chi connectivity index (χ0v) is 18.7. The molecule has 0 spiro atoms. The summed E-state index contributed by atoms with van der Waals surface area (Å²) >= 11 is 1.59. The Bertz CT molecular complexity index is 1180. The normalized spacial score (nSPS) is 15.2. The molecule has 9 heteroatoms. The summed E-state index contributed by atoms with van der Waals surface area (Å²) in [5.41, 5.74) is 3.41. The summed E-state index contributed by atoms with van der Waals surface area (Å²) in [5, 5.41) is 13.3. The fraction of sp³-hybridized carbons (Fsp3) is 0.318. The van der Waals surface area contributed by atoms with Gasteiger partial charge in [-0.1, -0.05) is 24.3 Å². The Labute approximate surface area is 185 Å². The number of thiazole rings is 1. The predicted octanol–water partition coefficient (Wildman–Crippen LogP) is 4.39. The number of hydrogen-bond acceptors (Lipinski definition) is 7. The summed E-state index contributed by atoms with van der Waals surface area (Å²) in [7, 11) is -3.52. The molecule has 31 heavy (non-hydrogen) atoms. The number of nitro benzene ring substituents is 1. The molecule has 1 fully saturated rings. The summed E-state index contributed by atoms with van der Waals surface area (Å²) in [4.78, 5) is 17.3. The summed E-state index contributed by atoms with van der Waals surface area (Å²) in [6.07, 6.45) is 1.80. The van der Waals surface area contributed by atoms with Crippen LogP contribution in [0.5, 0.6) is 0 Å². The van der Waals surface area contributed by atoms with Crippen molar-refractivity contribution in [2.45, 2.75) is 36.3 Å². The smallest absolute Gasteiger partial charge is 0.269 e. The molecule has 1 saturated heterocycles. The Hall–Kier alpha value is -2.78. The van der Waals surface area contributed by atoms with E-state index < -0.39 is 20.0 Å². The maximum Gasteiger partial charge on any atom is 0.269 e. The number of aryl methyl sites for hydroxylation is 1. The molecule has 0 saturated carbocycles. The van der Waals surface area contributed by atoms with Gasteiger partial charge in [0, 0.05) is 37.0 Å². The Balaban J connectivity index is 1.40. The van der Waals surface area contributed by atoms with Gasteiger partial charge in [-0.25, -0.2) is 13.4 Å². The fourth-order valence-corrected chi connectivity index (χ4v) is 6.44. The number of rotatable bonds is 6. The van der Waals surface area contributed by atoms with E-state index in [0.29, 0.717) is 25.9 Å². The third kappa shape index (κ3) is 4.62. The lowest BCUT2D eigenvalue weighted by atomic mass is 10.1. The van der Waals surface area contributed by atoms with Crippen LogP contribution in [0, 0.1) is 17.0 Å². The van der Waals surface area contributed by atoms with Crippen molar-refractivity contribution in [1.82, 2.24) is 4.98 Å². The molecule has 0 N–H and O–H groups in total. The topological polar surface area (TPSA) is 93.4 Å². The zero-order valence-electron chi connectivity index (χ0n) is 17.1. The van der Waals surface area contributed by atoms with Gasteiger partial charge in [-0.15, -0.1) is 11.3 Å². The van der Waals surface area contributed by atoms with E-state index in [-0.39, 0.29) is 10.6 Å². The van der Waals surface area contributed by atoms with Crippen LogP contribution in [-0.4, -0.2) is 36.7 Å². The highest BCUT2D eigenvalue weighted by Crippen LogP contribution is 2.30. The van der Waals surface area contributed by atoms with Crippen molar-refractivity contribution in [3.8, 4) is 0 Å². The van der Waals surface area contributed by atoms with Gasteiger partial charge < -0.3 is 4.90 Å². The first-order chi connectivity index (χ1) is 14.8. The molecule has 1 aliphatic heterocycles. The first kappa shape index (κ1) is 21.5. The molecule has 0 amide bonds. The Morgan fingerprint density at radius 1 is 1.13 bits per heavy atom. The average Bonchev–Trinajstić information content (AvgIpc) is 3.24. The number of hydrogen-bond donors (Lipinski definition) is 0. The van der Waals surface area contributed by atoms with Crippen LogP contribution >= 0.6 is 11.3 Å². The highest BCUT2D eigenvalue weighted by Gasteiger charge is 2.32. The van der Waals surface area contributed by atoms with Gasteiger partial charge in [0.25, 0.3) is 5.69 Å². The van der Waals surface area contributed by atoms with E-state index in [1.165, 1.54) is 35.4 Å². The molecule has 0 aliphatic carbocycles. The minimum atomic E-state index is -3.52. The molecule has 162 valence electrons. The van der Waals surface area contributed by atoms with Crippen LogP contribution in [0.2, 0.25) is 0 Å². The molecular weight excluding hydrogens is 434 g/mol. The fourth-order valence-electron chi connectivity index (χ4n) is 3.83. The molecule has 0 unspecified atom stereocenters. The Morgan fingerprint density at radius 3 is 2.45 bits per heavy atom. The van der Waals surface area contributed by atoms with Gasteiger partial charge in [-0.05, 0) is 43.0 Å². The molecule has 7 nitrogen and oxygen atoms in total. The SMILES string of the molecule is Cc1ccccc1Cc1csc(N2CCC(S(=O)(=O)c3ccc([N+](=O)[O-])cc3)CC2)n1. The maximum atomic E-state index is 12.9. The third-order valence-electron chi connectivity index (χ3n) is 5.70. The molecule has 4 rings (SSSR count). The standard InChI is InChI=1S/C22H23N3O4S2/c1-16-4-2-3-5-17(16)14-18-15-30-22(23-18)24-12-10-21(11-13-24)31(28,29)20-8-6-19(7-9-20)25(26)27/h2-9,15,21H,10-14H2,1H3. The second-order valence-electron chi connectivity index (χ2n) is 7.71. The van der Waals surface area contributed by atoms with Gasteiger partial charge in [0.1, 0.15) is 0 Å². The van der Waals surface area contributed by atoms with Crippen molar-refractivity contribution in [1.29, 1.82) is 0 Å². The highest BCUT2D eigenvalue weighted by atomic mass is 32.2. The van der Waals surface area contributed by atoms with Crippen LogP contribution in [0.4, 0.5) is 10.8 Å². The van der Waals surface area contributed by atoms with Crippen molar-refractivity contribution in [3.63, 3.8) is 0 Å². The lowest BCUT2D eigenvalue weighted by Gasteiger charge is -2.31. The van der Waals surface area contributed by atoms with E-state index in [1.807, 2.05) is 12.1 Å². The number of nitrogens with zero attached hydrogens (tertiary/aromatic N) is 3. The molecule has 2 aromatic carbocycles. The number of piperidine rings is 1. The van der Waals surface area contributed by atoms with Gasteiger partial charge in [-0.3, -0.25) is 10.1 Å². The van der Waals surface area contributed by atoms with Gasteiger partial charge in [0.05, 0.1) is 20.8 Å². The van der Waals surface area contributed by atoms with Crippen molar-refractivity contribution in [3.05, 3.63) is 80.8 Å². The minimum Gasteiger partial charge on any atom is -0.348 e. The van der Waals surface area contributed by atoms with Gasteiger partial charge >= 0.3 is 0 Å². The van der Waals surface area contributed by atoms with E-state index in [0.717, 1.165) is 17.2 Å². The monoisotopic (exact) mass is 457 g/mol. The third-order valence-corrected chi connectivity index (χ3v) is 8.93. The van der Waals surface area contributed by atoms with Crippen LogP contribution in [0.3, 0.4) is 0 Å². The molecule has 1 aliphatic rings. The number of sulfone groups is 1. The molecule has 1 aromatic heterocycles. The quantitative estimate of drug-likeness (QED) is 0.402. The lowest BCUT2D eigenvalue weighted by molar-refractivity contribution is -0.384. The first-order valence-corrected chi connectivity index (χ1v) is 12.5. The summed E-state index contributed by atoms with van der Waals surface area (Å²) in [6, 6.07) is 13.4. The number of benzene rings is 2. The highest BCUT2D eigenvalue weighted by molar-refractivity contribution is 7.92. The number of anilines is 1. The molecule has 3 aromatic rings. The number of nitro groups is 1. The second kappa shape index (κ2) is 8.76. The van der Waals surface area contributed by atoms with Crippen molar-refractivity contribution < 1.29 is 13.3 Å². The zero-order chi connectivity index (χ0) is 22.0. The maximum absolute atomic E-state index is 12.9. The van der Waals surface area contributed by atoms with E-state index in [1.54, 1.807) is 11.3 Å². The van der Waals surface area contributed by atoms with Crippen LogP contribution < -0.4 is 4.90 Å². The second-order valence-corrected chi connectivity index (χ2v) is 10.8. The Kier molecular flexibility index (Phi) is 6.06. The molecular formula is C22H23N3O4S2. The largest absolute Gasteiger partial charge is 0.348 e. The average molecular weight is 458 g/mol. The van der Waals surface area contributed by atoms with E-state index in [9.17, 15) is 18.5 Å². The minimum absolute atomic E-state index is 0.112. The van der Waals surface area contributed by atoms with Gasteiger partial charge in [0.2, 0.25) is 0 Å². The van der Waals surface area contributed by atoms with Gasteiger partial charge in [-0.2, -0.15) is 0 Å². The van der Waals surface area contributed by atoms with Crippen LogP contribution in [0.1, 0.15) is 29.7 Å². The summed E-state index contributed by atoms with van der Waals surface area (Å²) in [6.45, 7) is 3.33. The summed E-state index contributed by atoms with van der Waals surface area (Å²) in [5.74, 6) is 0. The Morgan fingerprint density at radius 2 is 1.81 bits per heavy atom. The van der Waals surface area contributed by atoms with Crippen molar-refractivity contribution in [2.24, 2.45) is 0 Å². The summed E-state index contributed by atoms with van der Waals surface area (Å²) < 4.78 is 25.9. The molecule has 0 atom stereocenters. The van der Waals surface area contributed by atoms with Crippen LogP contribution in [-0.2, 0) is 16.3 Å². The van der Waals surface area contributed by atoms with Gasteiger partial charge in [0.15, 0.2) is 15.0 Å². The number of aromatic nitrogens is 1. The molecule has 2 heterocycles. The molecule has 0 radical (unpaired) electrons. The van der Waals surface area contributed by atoms with E-state index >= 15 is 0 Å².